The number of carbonyl (C=O) groups excluding carboxylic acids is 1. The lowest BCUT2D eigenvalue weighted by Gasteiger charge is -2.12. The van der Waals surface area contributed by atoms with Crippen molar-refractivity contribution >= 4 is 23.0 Å². The molecule has 0 bridgehead atoms. The molecular formula is C20H18FN3O. The second-order valence-electron chi connectivity index (χ2n) is 5.76. The Morgan fingerprint density at radius 2 is 1.68 bits per heavy atom. The van der Waals surface area contributed by atoms with E-state index in [9.17, 15) is 9.18 Å². The molecule has 5 heteroatoms. The predicted molar refractivity (Wildman–Crippen MR) is 97.8 cm³/mol. The molecule has 1 heterocycles. The summed E-state index contributed by atoms with van der Waals surface area (Å²) in [5.41, 5.74) is 4.40. The smallest absolute Gasteiger partial charge is 0.274 e. The molecule has 0 radical (unpaired) electrons. The summed E-state index contributed by atoms with van der Waals surface area (Å²) < 4.78 is 13.6. The molecule has 0 aliphatic carbocycles. The number of carbonyl (C=O) groups is 1. The van der Waals surface area contributed by atoms with Crippen molar-refractivity contribution in [2.75, 3.05) is 10.6 Å². The Morgan fingerprint density at radius 3 is 2.32 bits per heavy atom. The highest BCUT2D eigenvalue weighted by Gasteiger charge is 2.10. The number of hydrogen-bond acceptors (Lipinski definition) is 3. The monoisotopic (exact) mass is 335 g/mol. The third-order valence-corrected chi connectivity index (χ3v) is 3.87. The van der Waals surface area contributed by atoms with Gasteiger partial charge in [0.15, 0.2) is 0 Å². The molecule has 3 rings (SSSR count). The molecule has 126 valence electrons. The summed E-state index contributed by atoms with van der Waals surface area (Å²) in [6.07, 6.45) is 1.59. The normalized spacial score (nSPS) is 10.4. The van der Waals surface area contributed by atoms with E-state index in [1.165, 1.54) is 12.1 Å². The van der Waals surface area contributed by atoms with Crippen molar-refractivity contribution in [2.24, 2.45) is 0 Å². The van der Waals surface area contributed by atoms with Gasteiger partial charge >= 0.3 is 0 Å². The van der Waals surface area contributed by atoms with Crippen molar-refractivity contribution in [1.82, 2.24) is 4.98 Å². The van der Waals surface area contributed by atoms with Crippen molar-refractivity contribution in [3.05, 3.63) is 83.4 Å². The summed E-state index contributed by atoms with van der Waals surface area (Å²) in [5, 5.41) is 5.83. The SMILES string of the molecule is Cc1cccc(C)c1Nc1ccc(C(=O)Nc2ccccc2F)nc1. The van der Waals surface area contributed by atoms with E-state index in [4.69, 9.17) is 0 Å². The van der Waals surface area contributed by atoms with Crippen LogP contribution in [-0.2, 0) is 0 Å². The highest BCUT2D eigenvalue weighted by molar-refractivity contribution is 6.03. The lowest BCUT2D eigenvalue weighted by atomic mass is 10.1. The number of para-hydroxylation sites is 2. The van der Waals surface area contributed by atoms with Gasteiger partial charge in [-0.1, -0.05) is 30.3 Å². The Kier molecular flexibility index (Phi) is 4.75. The third-order valence-electron chi connectivity index (χ3n) is 3.87. The van der Waals surface area contributed by atoms with Crippen molar-refractivity contribution in [1.29, 1.82) is 0 Å². The number of pyridine rings is 1. The van der Waals surface area contributed by atoms with Gasteiger partial charge in [-0.05, 0) is 49.2 Å². The zero-order valence-electron chi connectivity index (χ0n) is 14.0. The first-order valence-electron chi connectivity index (χ1n) is 7.90. The van der Waals surface area contributed by atoms with Gasteiger partial charge < -0.3 is 10.6 Å². The number of halogens is 1. The number of rotatable bonds is 4. The van der Waals surface area contributed by atoms with Gasteiger partial charge in [0.2, 0.25) is 0 Å². The highest BCUT2D eigenvalue weighted by Crippen LogP contribution is 2.24. The summed E-state index contributed by atoms with van der Waals surface area (Å²) in [4.78, 5) is 16.3. The van der Waals surface area contributed by atoms with Crippen molar-refractivity contribution in [2.45, 2.75) is 13.8 Å². The predicted octanol–water partition coefficient (Wildman–Crippen LogP) is 4.83. The van der Waals surface area contributed by atoms with Crippen LogP contribution in [0.15, 0.2) is 60.8 Å². The van der Waals surface area contributed by atoms with Crippen molar-refractivity contribution < 1.29 is 9.18 Å². The number of amides is 1. The van der Waals surface area contributed by atoms with Gasteiger partial charge in [0.05, 0.1) is 17.6 Å². The second kappa shape index (κ2) is 7.13. The Balaban J connectivity index is 1.74. The number of nitrogens with one attached hydrogen (secondary N) is 2. The standard InChI is InChI=1S/C20H18FN3O/c1-13-6-5-7-14(2)19(13)23-15-10-11-18(22-12-15)20(25)24-17-9-4-3-8-16(17)21/h3-12,23H,1-2H3,(H,24,25). The summed E-state index contributed by atoms with van der Waals surface area (Å²) in [6.45, 7) is 4.05. The molecule has 0 saturated heterocycles. The first-order valence-corrected chi connectivity index (χ1v) is 7.90. The Hall–Kier alpha value is -3.21. The van der Waals surface area contributed by atoms with Crippen LogP contribution >= 0.6 is 0 Å². The summed E-state index contributed by atoms with van der Waals surface area (Å²) in [5.74, 6) is -0.937. The Labute approximate surface area is 145 Å². The van der Waals surface area contributed by atoms with Gasteiger partial charge in [-0.15, -0.1) is 0 Å². The van der Waals surface area contributed by atoms with Gasteiger partial charge in [0, 0.05) is 5.69 Å². The summed E-state index contributed by atoms with van der Waals surface area (Å²) in [6, 6.07) is 15.5. The quantitative estimate of drug-likeness (QED) is 0.718. The highest BCUT2D eigenvalue weighted by atomic mass is 19.1. The van der Waals surface area contributed by atoms with E-state index in [1.54, 1.807) is 30.5 Å². The average molecular weight is 335 g/mol. The fraction of sp³-hybridized carbons (Fsp3) is 0.100. The molecule has 0 saturated carbocycles. The van der Waals surface area contributed by atoms with Gasteiger partial charge in [-0.2, -0.15) is 0 Å². The largest absolute Gasteiger partial charge is 0.354 e. The topological polar surface area (TPSA) is 54.0 Å². The van der Waals surface area contributed by atoms with Crippen LogP contribution in [0, 0.1) is 19.7 Å². The number of hydrogen-bond donors (Lipinski definition) is 2. The molecule has 2 aromatic carbocycles. The zero-order valence-corrected chi connectivity index (χ0v) is 14.0. The molecule has 0 aliphatic heterocycles. The number of aromatic nitrogens is 1. The molecule has 4 nitrogen and oxygen atoms in total. The van der Waals surface area contributed by atoms with Gasteiger partial charge in [-0.3, -0.25) is 4.79 Å². The molecule has 1 amide bonds. The van der Waals surface area contributed by atoms with E-state index in [2.05, 4.69) is 15.6 Å². The molecule has 0 atom stereocenters. The van der Waals surface area contributed by atoms with Crippen LogP contribution in [0.2, 0.25) is 0 Å². The molecule has 1 aromatic heterocycles. The van der Waals surface area contributed by atoms with E-state index >= 15 is 0 Å². The van der Waals surface area contributed by atoms with Crippen LogP contribution < -0.4 is 10.6 Å². The molecule has 0 spiro atoms. The van der Waals surface area contributed by atoms with Crippen LogP contribution in [0.1, 0.15) is 21.6 Å². The minimum Gasteiger partial charge on any atom is -0.354 e. The Bertz CT molecular complexity index is 887. The van der Waals surface area contributed by atoms with Crippen LogP contribution in [-0.4, -0.2) is 10.9 Å². The van der Waals surface area contributed by atoms with Gasteiger partial charge in [0.25, 0.3) is 5.91 Å². The number of anilines is 3. The molecule has 0 aliphatic rings. The zero-order chi connectivity index (χ0) is 17.8. The molecule has 2 N–H and O–H groups in total. The molecule has 3 aromatic rings. The maximum absolute atomic E-state index is 13.6. The van der Waals surface area contributed by atoms with Crippen molar-refractivity contribution in [3.63, 3.8) is 0 Å². The van der Waals surface area contributed by atoms with Crippen molar-refractivity contribution in [3.8, 4) is 0 Å². The summed E-state index contributed by atoms with van der Waals surface area (Å²) >= 11 is 0. The lowest BCUT2D eigenvalue weighted by molar-refractivity contribution is 0.102. The van der Waals surface area contributed by atoms with E-state index < -0.39 is 11.7 Å². The maximum Gasteiger partial charge on any atom is 0.274 e. The van der Waals surface area contributed by atoms with Gasteiger partial charge in [-0.25, -0.2) is 9.37 Å². The fourth-order valence-corrected chi connectivity index (χ4v) is 2.51. The minimum absolute atomic E-state index is 0.132. The maximum atomic E-state index is 13.6. The van der Waals surface area contributed by atoms with Gasteiger partial charge in [0.1, 0.15) is 11.5 Å². The average Bonchev–Trinajstić information content (AvgIpc) is 2.61. The lowest BCUT2D eigenvalue weighted by Crippen LogP contribution is -2.14. The molecule has 0 unspecified atom stereocenters. The molecule has 0 fully saturated rings. The third kappa shape index (κ3) is 3.83. The molecule has 25 heavy (non-hydrogen) atoms. The van der Waals surface area contributed by atoms with E-state index in [1.807, 2.05) is 32.0 Å². The number of nitrogens with zero attached hydrogens (tertiary/aromatic N) is 1. The van der Waals surface area contributed by atoms with Crippen LogP contribution in [0.25, 0.3) is 0 Å². The first kappa shape index (κ1) is 16.6. The Morgan fingerprint density at radius 1 is 0.960 bits per heavy atom. The van der Waals surface area contributed by atoms with Crippen LogP contribution in [0.4, 0.5) is 21.5 Å². The van der Waals surface area contributed by atoms with E-state index in [0.717, 1.165) is 22.5 Å². The molecular weight excluding hydrogens is 317 g/mol. The number of aryl methyl sites for hydroxylation is 2. The van der Waals surface area contributed by atoms with E-state index in [-0.39, 0.29) is 11.4 Å². The van der Waals surface area contributed by atoms with E-state index in [0.29, 0.717) is 0 Å². The van der Waals surface area contributed by atoms with Crippen LogP contribution in [0.3, 0.4) is 0 Å². The number of benzene rings is 2. The minimum atomic E-state index is -0.482. The second-order valence-corrected chi connectivity index (χ2v) is 5.76. The summed E-state index contributed by atoms with van der Waals surface area (Å²) in [7, 11) is 0. The first-order chi connectivity index (χ1) is 12.0. The van der Waals surface area contributed by atoms with Crippen LogP contribution in [0.5, 0.6) is 0 Å². The fourth-order valence-electron chi connectivity index (χ4n) is 2.51.